The van der Waals surface area contributed by atoms with Crippen molar-refractivity contribution in [3.63, 3.8) is 0 Å². The van der Waals surface area contributed by atoms with E-state index in [0.717, 1.165) is 10.6 Å². The maximum absolute atomic E-state index is 11.9. The van der Waals surface area contributed by atoms with Gasteiger partial charge in [-0.2, -0.15) is 11.3 Å². The van der Waals surface area contributed by atoms with Gasteiger partial charge in [0, 0.05) is 34.9 Å². The minimum absolute atomic E-state index is 0.0322. The summed E-state index contributed by atoms with van der Waals surface area (Å²) in [6.07, 6.45) is 0. The second kappa shape index (κ2) is 5.81. The number of thiophene rings is 1. The zero-order chi connectivity index (χ0) is 13.9. The van der Waals surface area contributed by atoms with E-state index in [1.807, 2.05) is 30.7 Å². The number of hydrogen-bond acceptors (Lipinski definition) is 5. The Morgan fingerprint density at radius 1 is 1.47 bits per heavy atom. The first kappa shape index (κ1) is 14.2. The fourth-order valence-electron chi connectivity index (χ4n) is 1.36. The second-order valence-electron chi connectivity index (χ2n) is 5.05. The van der Waals surface area contributed by atoms with Crippen molar-refractivity contribution in [3.05, 3.63) is 27.9 Å². The van der Waals surface area contributed by atoms with Crippen molar-refractivity contribution in [3.8, 4) is 10.6 Å². The summed E-state index contributed by atoms with van der Waals surface area (Å²) in [4.78, 5) is 16.3. The van der Waals surface area contributed by atoms with Crippen LogP contribution in [0.25, 0.3) is 10.6 Å². The van der Waals surface area contributed by atoms with Gasteiger partial charge in [0.25, 0.3) is 5.91 Å². The van der Waals surface area contributed by atoms with Crippen molar-refractivity contribution in [2.45, 2.75) is 13.8 Å². The molecule has 19 heavy (non-hydrogen) atoms. The molecule has 0 unspecified atom stereocenters. The van der Waals surface area contributed by atoms with Crippen LogP contribution in [-0.4, -0.2) is 29.1 Å². The molecule has 102 valence electrons. The lowest BCUT2D eigenvalue weighted by Gasteiger charge is -2.21. The zero-order valence-corrected chi connectivity index (χ0v) is 12.5. The monoisotopic (exact) mass is 296 g/mol. The Balaban J connectivity index is 2.01. The Morgan fingerprint density at radius 3 is 2.89 bits per heavy atom. The van der Waals surface area contributed by atoms with Gasteiger partial charge in [-0.3, -0.25) is 4.79 Å². The Labute approximate surface area is 120 Å². The van der Waals surface area contributed by atoms with Crippen LogP contribution in [0.5, 0.6) is 0 Å². The third kappa shape index (κ3) is 3.62. The minimum atomic E-state index is -0.318. The van der Waals surface area contributed by atoms with Gasteiger partial charge in [0.15, 0.2) is 0 Å². The maximum atomic E-state index is 11.9. The van der Waals surface area contributed by atoms with E-state index in [4.69, 9.17) is 5.11 Å². The minimum Gasteiger partial charge on any atom is -0.396 e. The van der Waals surface area contributed by atoms with Crippen LogP contribution in [0.3, 0.4) is 0 Å². The second-order valence-corrected chi connectivity index (χ2v) is 6.69. The third-order valence-electron chi connectivity index (χ3n) is 2.66. The molecule has 1 amide bonds. The number of carbonyl (C=O) groups excluding carboxylic acids is 1. The summed E-state index contributed by atoms with van der Waals surface area (Å²) < 4.78 is 0. The highest BCUT2D eigenvalue weighted by Crippen LogP contribution is 2.25. The fourth-order valence-corrected chi connectivity index (χ4v) is 2.88. The van der Waals surface area contributed by atoms with E-state index in [1.165, 1.54) is 11.3 Å². The molecule has 0 fully saturated rings. The molecule has 0 saturated heterocycles. The van der Waals surface area contributed by atoms with E-state index in [-0.39, 0.29) is 17.9 Å². The predicted octanol–water partition coefficient (Wildman–Crippen LogP) is 2.62. The molecule has 0 aromatic carbocycles. The number of nitrogens with zero attached hydrogens (tertiary/aromatic N) is 1. The zero-order valence-electron chi connectivity index (χ0n) is 10.8. The van der Waals surface area contributed by atoms with Crippen molar-refractivity contribution in [1.29, 1.82) is 0 Å². The Morgan fingerprint density at radius 2 is 2.26 bits per heavy atom. The van der Waals surface area contributed by atoms with Crippen molar-refractivity contribution < 1.29 is 9.90 Å². The van der Waals surface area contributed by atoms with Crippen molar-refractivity contribution in [2.24, 2.45) is 5.41 Å². The molecule has 4 nitrogen and oxygen atoms in total. The van der Waals surface area contributed by atoms with Gasteiger partial charge in [-0.15, -0.1) is 11.3 Å². The van der Waals surface area contributed by atoms with E-state index >= 15 is 0 Å². The molecule has 2 N–H and O–H groups in total. The van der Waals surface area contributed by atoms with Gasteiger partial charge in [0.1, 0.15) is 10.7 Å². The summed E-state index contributed by atoms with van der Waals surface area (Å²) in [6.45, 7) is 4.24. The summed E-state index contributed by atoms with van der Waals surface area (Å²) >= 11 is 3.07. The molecule has 0 bridgehead atoms. The first-order valence-electron chi connectivity index (χ1n) is 5.89. The molecule has 2 aromatic rings. The van der Waals surface area contributed by atoms with E-state index < -0.39 is 0 Å². The standard InChI is InChI=1S/C13H16N2O2S2/c1-13(2,8-16)7-14-11(17)10-6-19-12(15-10)9-3-4-18-5-9/h3-6,16H,7-8H2,1-2H3,(H,14,17). The molecule has 2 rings (SSSR count). The Hall–Kier alpha value is -1.24. The van der Waals surface area contributed by atoms with Gasteiger partial charge in [0.05, 0.1) is 0 Å². The molecule has 0 aliphatic heterocycles. The van der Waals surface area contributed by atoms with Gasteiger partial charge < -0.3 is 10.4 Å². The Kier molecular flexibility index (Phi) is 4.34. The highest BCUT2D eigenvalue weighted by atomic mass is 32.1. The molecular formula is C13H16N2O2S2. The van der Waals surface area contributed by atoms with Crippen molar-refractivity contribution >= 4 is 28.6 Å². The molecule has 2 aromatic heterocycles. The van der Waals surface area contributed by atoms with Crippen LogP contribution >= 0.6 is 22.7 Å². The summed E-state index contributed by atoms with van der Waals surface area (Å²) in [5, 5.41) is 18.5. The SMILES string of the molecule is CC(C)(CO)CNC(=O)c1csc(-c2ccsc2)n1. The van der Waals surface area contributed by atoms with Gasteiger partial charge in [-0.05, 0) is 11.4 Å². The first-order chi connectivity index (χ1) is 9.02. The number of aliphatic hydroxyl groups excluding tert-OH is 1. The van der Waals surface area contributed by atoms with Gasteiger partial charge in [-0.1, -0.05) is 13.8 Å². The normalized spacial score (nSPS) is 11.5. The summed E-state index contributed by atoms with van der Waals surface area (Å²) in [5.74, 6) is -0.195. The molecule has 0 spiro atoms. The number of aliphatic hydroxyl groups is 1. The average molecular weight is 296 g/mol. The lowest BCUT2D eigenvalue weighted by Crippen LogP contribution is -2.36. The van der Waals surface area contributed by atoms with E-state index in [9.17, 15) is 4.79 Å². The number of rotatable bonds is 5. The molecule has 2 heterocycles. The number of thiazole rings is 1. The molecule has 0 aliphatic carbocycles. The number of carbonyl (C=O) groups is 1. The van der Waals surface area contributed by atoms with Crippen molar-refractivity contribution in [2.75, 3.05) is 13.2 Å². The quantitative estimate of drug-likeness (QED) is 0.891. The summed E-state index contributed by atoms with van der Waals surface area (Å²) in [6, 6.07) is 1.99. The largest absolute Gasteiger partial charge is 0.396 e. The predicted molar refractivity (Wildman–Crippen MR) is 78.6 cm³/mol. The molecule has 0 atom stereocenters. The lowest BCUT2D eigenvalue weighted by molar-refractivity contribution is 0.0907. The van der Waals surface area contributed by atoms with Gasteiger partial charge >= 0.3 is 0 Å². The summed E-state index contributed by atoms with van der Waals surface area (Å²) in [7, 11) is 0. The van der Waals surface area contributed by atoms with Gasteiger partial charge in [-0.25, -0.2) is 4.98 Å². The third-order valence-corrected chi connectivity index (χ3v) is 4.24. The van der Waals surface area contributed by atoms with E-state index in [1.54, 1.807) is 16.7 Å². The number of nitrogens with one attached hydrogen (secondary N) is 1. The average Bonchev–Trinajstić information content (AvgIpc) is 3.05. The highest BCUT2D eigenvalue weighted by Gasteiger charge is 2.19. The number of hydrogen-bond donors (Lipinski definition) is 2. The van der Waals surface area contributed by atoms with Crippen LogP contribution in [0.2, 0.25) is 0 Å². The molecule has 0 radical (unpaired) electrons. The van der Waals surface area contributed by atoms with E-state index in [2.05, 4.69) is 10.3 Å². The van der Waals surface area contributed by atoms with Gasteiger partial charge in [0.2, 0.25) is 0 Å². The fraction of sp³-hybridized carbons (Fsp3) is 0.385. The van der Waals surface area contributed by atoms with E-state index in [0.29, 0.717) is 12.2 Å². The Bertz CT molecular complexity index is 547. The van der Waals surface area contributed by atoms with Crippen LogP contribution in [0.4, 0.5) is 0 Å². The van der Waals surface area contributed by atoms with Crippen molar-refractivity contribution in [1.82, 2.24) is 10.3 Å². The van der Waals surface area contributed by atoms with Crippen LogP contribution in [0.15, 0.2) is 22.2 Å². The summed E-state index contributed by atoms with van der Waals surface area (Å²) in [5.41, 5.74) is 1.16. The van der Waals surface area contributed by atoms with Crippen LogP contribution in [0, 0.1) is 5.41 Å². The molecule has 0 saturated carbocycles. The smallest absolute Gasteiger partial charge is 0.270 e. The van der Waals surface area contributed by atoms with Crippen LogP contribution in [0.1, 0.15) is 24.3 Å². The van der Waals surface area contributed by atoms with Crippen LogP contribution in [-0.2, 0) is 0 Å². The number of amides is 1. The lowest BCUT2D eigenvalue weighted by atomic mass is 9.95. The molecule has 6 heteroatoms. The topological polar surface area (TPSA) is 62.2 Å². The maximum Gasteiger partial charge on any atom is 0.270 e. The molecular weight excluding hydrogens is 280 g/mol. The number of aromatic nitrogens is 1. The van der Waals surface area contributed by atoms with Crippen LogP contribution < -0.4 is 5.32 Å². The molecule has 0 aliphatic rings. The first-order valence-corrected chi connectivity index (χ1v) is 7.71. The highest BCUT2D eigenvalue weighted by molar-refractivity contribution is 7.14.